The third kappa shape index (κ3) is 5.25. The Balaban J connectivity index is 1.71. The molecule has 0 spiro atoms. The Labute approximate surface area is 211 Å². The van der Waals surface area contributed by atoms with Crippen LogP contribution in [0.4, 0.5) is 0 Å². The normalized spacial score (nSPS) is 20.4. The molecule has 2 unspecified atom stereocenters. The van der Waals surface area contributed by atoms with Crippen LogP contribution in [0.15, 0.2) is 71.6 Å². The molecule has 2 N–H and O–H groups in total. The van der Waals surface area contributed by atoms with Gasteiger partial charge >= 0.3 is 0 Å². The van der Waals surface area contributed by atoms with Crippen LogP contribution in [0.1, 0.15) is 28.5 Å². The van der Waals surface area contributed by atoms with Crippen LogP contribution in [-0.4, -0.2) is 56.9 Å². The second-order valence-corrected chi connectivity index (χ2v) is 10.3. The Bertz CT molecular complexity index is 1310. The number of rotatable bonds is 9. The number of aliphatic hydroxyl groups excluding tert-OH is 1. The van der Waals surface area contributed by atoms with Gasteiger partial charge in [0.1, 0.15) is 16.7 Å². The van der Waals surface area contributed by atoms with Crippen LogP contribution in [0.25, 0.3) is 0 Å². The predicted octanol–water partition coefficient (Wildman–Crippen LogP) is 3.72. The van der Waals surface area contributed by atoms with Crippen LogP contribution in [0.5, 0.6) is 11.5 Å². The predicted molar refractivity (Wildman–Crippen MR) is 135 cm³/mol. The van der Waals surface area contributed by atoms with Crippen molar-refractivity contribution in [3.05, 3.63) is 89.0 Å². The Kier molecular flexibility index (Phi) is 7.67. The van der Waals surface area contributed by atoms with Crippen LogP contribution < -0.4 is 9.47 Å². The second-order valence-electron chi connectivity index (χ2n) is 8.92. The molecule has 192 valence electrons. The van der Waals surface area contributed by atoms with E-state index in [0.717, 1.165) is 16.7 Å². The van der Waals surface area contributed by atoms with Crippen molar-refractivity contribution in [1.82, 2.24) is 4.90 Å². The Morgan fingerprint density at radius 1 is 1.03 bits per heavy atom. The number of hydrogen-bond acceptors (Lipinski definition) is 7. The summed E-state index contributed by atoms with van der Waals surface area (Å²) in [6.07, 6.45) is 0.112. The minimum atomic E-state index is -4.54. The molecule has 8 nitrogen and oxygen atoms in total. The quantitative estimate of drug-likeness (QED) is 0.417. The van der Waals surface area contributed by atoms with E-state index in [0.29, 0.717) is 24.5 Å². The molecular weight excluding hydrogens is 482 g/mol. The van der Waals surface area contributed by atoms with E-state index >= 15 is 0 Å². The second kappa shape index (κ2) is 10.6. The maximum atomic E-state index is 12.2. The van der Waals surface area contributed by atoms with E-state index in [-0.39, 0.29) is 17.0 Å². The maximum Gasteiger partial charge on any atom is 0.294 e. The minimum Gasteiger partial charge on any atom is -0.493 e. The number of benzene rings is 3. The van der Waals surface area contributed by atoms with Crippen molar-refractivity contribution < 1.29 is 32.3 Å². The van der Waals surface area contributed by atoms with Crippen molar-refractivity contribution in [2.24, 2.45) is 0 Å². The topological polar surface area (TPSA) is 106 Å². The summed E-state index contributed by atoms with van der Waals surface area (Å²) in [6.45, 7) is 2.14. The summed E-state index contributed by atoms with van der Waals surface area (Å²) in [6, 6.07) is 19.9. The summed E-state index contributed by atoms with van der Waals surface area (Å²) in [5, 5.41) is 10.6. The van der Waals surface area contributed by atoms with Crippen molar-refractivity contribution in [1.29, 1.82) is 0 Å². The Morgan fingerprint density at radius 2 is 1.75 bits per heavy atom. The van der Waals surface area contributed by atoms with Crippen LogP contribution >= 0.6 is 0 Å². The van der Waals surface area contributed by atoms with Gasteiger partial charge in [-0.15, -0.1) is 0 Å². The Hall–Kier alpha value is -2.95. The first-order chi connectivity index (χ1) is 17.2. The van der Waals surface area contributed by atoms with Crippen molar-refractivity contribution in [3.8, 4) is 11.5 Å². The molecule has 3 aromatic rings. The fourth-order valence-electron chi connectivity index (χ4n) is 4.68. The van der Waals surface area contributed by atoms with Gasteiger partial charge in [-0.05, 0) is 42.7 Å². The summed E-state index contributed by atoms with van der Waals surface area (Å²) in [7, 11) is -1.36. The van der Waals surface area contributed by atoms with Crippen LogP contribution in [-0.2, 0) is 26.9 Å². The lowest BCUT2D eigenvalue weighted by Crippen LogP contribution is -2.37. The van der Waals surface area contributed by atoms with Crippen molar-refractivity contribution in [3.63, 3.8) is 0 Å². The summed E-state index contributed by atoms with van der Waals surface area (Å²) in [4.78, 5) is 1.80. The monoisotopic (exact) mass is 513 g/mol. The van der Waals surface area contributed by atoms with Gasteiger partial charge in [0.05, 0.1) is 20.8 Å². The number of aliphatic hydroxyl groups is 1. The first-order valence-electron chi connectivity index (χ1n) is 11.6. The van der Waals surface area contributed by atoms with Crippen molar-refractivity contribution in [2.45, 2.75) is 30.1 Å². The molecule has 1 saturated heterocycles. The lowest BCUT2D eigenvalue weighted by atomic mass is 9.93. The Morgan fingerprint density at radius 3 is 2.39 bits per heavy atom. The number of nitrogens with zero attached hydrogens (tertiary/aromatic N) is 1. The maximum absolute atomic E-state index is 12.2. The lowest BCUT2D eigenvalue weighted by molar-refractivity contribution is -0.0895. The first-order valence-corrected chi connectivity index (χ1v) is 13.0. The highest BCUT2D eigenvalue weighted by Gasteiger charge is 2.48. The fourth-order valence-corrected chi connectivity index (χ4v) is 5.45. The molecule has 4 rings (SSSR count). The zero-order chi connectivity index (χ0) is 25.9. The number of methoxy groups -OCH3 is 2. The van der Waals surface area contributed by atoms with E-state index in [1.165, 1.54) is 6.07 Å². The van der Waals surface area contributed by atoms with Crippen LogP contribution in [0.3, 0.4) is 0 Å². The van der Waals surface area contributed by atoms with Crippen LogP contribution in [0.2, 0.25) is 0 Å². The standard InChI is InChI=1S/C27H31NO7S/c1-19-9-12-25(36(30,31)32)22(15-19)27(18-29)17-28(26(35-27)21-7-5-4-6-8-21)14-13-20-10-11-23(33-2)24(16-20)34-3/h4-12,15-16,26,29H,13-14,17-18H2,1-3H3,(H,30,31,32). The molecule has 1 aliphatic heterocycles. The molecule has 1 fully saturated rings. The molecule has 0 saturated carbocycles. The largest absolute Gasteiger partial charge is 0.493 e. The summed E-state index contributed by atoms with van der Waals surface area (Å²) < 4.78 is 51.6. The average molecular weight is 514 g/mol. The zero-order valence-corrected chi connectivity index (χ0v) is 21.4. The number of aryl methyl sites for hydroxylation is 1. The van der Waals surface area contributed by atoms with E-state index in [1.807, 2.05) is 55.5 Å². The minimum absolute atomic E-state index is 0.225. The molecule has 0 radical (unpaired) electrons. The molecule has 1 heterocycles. The van der Waals surface area contributed by atoms with E-state index < -0.39 is 28.6 Å². The van der Waals surface area contributed by atoms with Gasteiger partial charge in [0.15, 0.2) is 11.5 Å². The molecule has 0 bridgehead atoms. The van der Waals surface area contributed by atoms with Gasteiger partial charge in [-0.2, -0.15) is 8.42 Å². The third-order valence-electron chi connectivity index (χ3n) is 6.51. The number of ether oxygens (including phenoxy) is 3. The van der Waals surface area contributed by atoms with E-state index in [4.69, 9.17) is 14.2 Å². The highest BCUT2D eigenvalue weighted by atomic mass is 32.2. The summed E-state index contributed by atoms with van der Waals surface area (Å²) in [5.41, 5.74) is 1.57. The molecule has 1 aliphatic rings. The van der Waals surface area contributed by atoms with E-state index in [1.54, 1.807) is 26.4 Å². The molecule has 0 aliphatic carbocycles. The summed E-state index contributed by atoms with van der Waals surface area (Å²) >= 11 is 0. The van der Waals surface area contributed by atoms with Gasteiger partial charge in [-0.1, -0.05) is 54.1 Å². The molecule has 0 amide bonds. The van der Waals surface area contributed by atoms with E-state index in [9.17, 15) is 18.1 Å². The first kappa shape index (κ1) is 26.1. The molecule has 0 aromatic heterocycles. The highest BCUT2D eigenvalue weighted by Crippen LogP contribution is 2.44. The molecule has 3 aromatic carbocycles. The molecular formula is C27H31NO7S. The molecule has 9 heteroatoms. The van der Waals surface area contributed by atoms with Gasteiger partial charge in [0.25, 0.3) is 10.1 Å². The van der Waals surface area contributed by atoms with Gasteiger partial charge in [-0.3, -0.25) is 9.45 Å². The highest BCUT2D eigenvalue weighted by molar-refractivity contribution is 7.85. The third-order valence-corrected chi connectivity index (χ3v) is 7.42. The lowest BCUT2D eigenvalue weighted by Gasteiger charge is -2.28. The van der Waals surface area contributed by atoms with Crippen LogP contribution in [0, 0.1) is 6.92 Å². The zero-order valence-electron chi connectivity index (χ0n) is 20.5. The van der Waals surface area contributed by atoms with Gasteiger partial charge in [0, 0.05) is 18.7 Å². The van der Waals surface area contributed by atoms with Gasteiger partial charge < -0.3 is 19.3 Å². The van der Waals surface area contributed by atoms with Gasteiger partial charge in [0.2, 0.25) is 0 Å². The average Bonchev–Trinajstić information content (AvgIpc) is 3.27. The summed E-state index contributed by atoms with van der Waals surface area (Å²) in [5.74, 6) is 1.28. The van der Waals surface area contributed by atoms with E-state index in [2.05, 4.69) is 4.90 Å². The van der Waals surface area contributed by atoms with Gasteiger partial charge in [-0.25, -0.2) is 0 Å². The fraction of sp³-hybridized carbons (Fsp3) is 0.333. The molecule has 2 atom stereocenters. The smallest absolute Gasteiger partial charge is 0.294 e. The number of hydrogen-bond donors (Lipinski definition) is 2. The van der Waals surface area contributed by atoms with Crippen molar-refractivity contribution >= 4 is 10.1 Å². The molecule has 36 heavy (non-hydrogen) atoms. The van der Waals surface area contributed by atoms with Crippen molar-refractivity contribution in [2.75, 3.05) is 33.9 Å². The SMILES string of the molecule is COc1ccc(CCN2CC(CO)(c3cc(C)ccc3S(=O)(=O)O)OC2c2ccccc2)cc1OC.